The highest BCUT2D eigenvalue weighted by atomic mass is 16.1. The van der Waals surface area contributed by atoms with Crippen molar-refractivity contribution in [3.05, 3.63) is 12.3 Å². The van der Waals surface area contributed by atoms with Crippen LogP contribution in [0.4, 0.5) is 0 Å². The third-order valence-electron chi connectivity index (χ3n) is 2.97. The molecular weight excluding hydrogens is 210 g/mol. The Labute approximate surface area is 107 Å². The average molecular weight is 239 g/mol. The van der Waals surface area contributed by atoms with Gasteiger partial charge in [-0.3, -0.25) is 4.79 Å². The first-order chi connectivity index (χ1) is 8.35. The van der Waals surface area contributed by atoms with E-state index in [0.717, 1.165) is 19.4 Å². The minimum atomic E-state index is 0.866. The van der Waals surface area contributed by atoms with Crippen molar-refractivity contribution >= 4 is 6.29 Å². The van der Waals surface area contributed by atoms with Crippen LogP contribution in [0.15, 0.2) is 12.3 Å². The van der Waals surface area contributed by atoms with Gasteiger partial charge in [0, 0.05) is 19.3 Å². The fourth-order valence-electron chi connectivity index (χ4n) is 1.90. The molecule has 0 fully saturated rings. The van der Waals surface area contributed by atoms with E-state index in [1.54, 1.807) is 6.08 Å². The molecule has 0 aromatic rings. The van der Waals surface area contributed by atoms with Crippen LogP contribution in [0, 0.1) is 0 Å². The van der Waals surface area contributed by atoms with Crippen molar-refractivity contribution in [2.24, 2.45) is 0 Å². The average Bonchev–Trinajstić information content (AvgIpc) is 2.35. The molecule has 17 heavy (non-hydrogen) atoms. The van der Waals surface area contributed by atoms with Gasteiger partial charge in [-0.25, -0.2) is 0 Å². The van der Waals surface area contributed by atoms with Gasteiger partial charge < -0.3 is 4.90 Å². The van der Waals surface area contributed by atoms with Gasteiger partial charge in [0.1, 0.15) is 6.29 Å². The molecule has 0 N–H and O–H groups in total. The number of hydrogen-bond acceptors (Lipinski definition) is 2. The fourth-order valence-corrected chi connectivity index (χ4v) is 1.90. The Morgan fingerprint density at radius 3 is 1.76 bits per heavy atom. The summed E-state index contributed by atoms with van der Waals surface area (Å²) in [4.78, 5) is 12.6. The number of nitrogens with zero attached hydrogens (tertiary/aromatic N) is 1. The first-order valence-electron chi connectivity index (χ1n) is 7.21. The zero-order chi connectivity index (χ0) is 12.8. The highest BCUT2D eigenvalue weighted by Crippen LogP contribution is 2.05. The molecule has 0 saturated heterocycles. The Morgan fingerprint density at radius 2 is 1.35 bits per heavy atom. The molecule has 0 saturated carbocycles. The lowest BCUT2D eigenvalue weighted by molar-refractivity contribution is -0.104. The molecule has 100 valence electrons. The summed E-state index contributed by atoms with van der Waals surface area (Å²) < 4.78 is 0. The van der Waals surface area contributed by atoms with Crippen molar-refractivity contribution in [1.29, 1.82) is 0 Å². The van der Waals surface area contributed by atoms with Gasteiger partial charge >= 0.3 is 0 Å². The van der Waals surface area contributed by atoms with Crippen molar-refractivity contribution in [2.75, 3.05) is 13.1 Å². The van der Waals surface area contributed by atoms with E-state index in [9.17, 15) is 4.79 Å². The molecule has 0 amide bonds. The molecule has 0 aromatic carbocycles. The quantitative estimate of drug-likeness (QED) is 0.289. The minimum Gasteiger partial charge on any atom is -0.377 e. The van der Waals surface area contributed by atoms with Crippen molar-refractivity contribution in [3.8, 4) is 0 Å². The maximum absolute atomic E-state index is 10.3. The van der Waals surface area contributed by atoms with Gasteiger partial charge in [0.15, 0.2) is 0 Å². The number of carbonyl (C=O) groups excluding carboxylic acids is 1. The Balaban J connectivity index is 3.71. The summed E-state index contributed by atoms with van der Waals surface area (Å²) >= 11 is 0. The smallest absolute Gasteiger partial charge is 0.144 e. The van der Waals surface area contributed by atoms with Crippen LogP contribution in [0.5, 0.6) is 0 Å². The summed E-state index contributed by atoms with van der Waals surface area (Å²) in [5.41, 5.74) is 0. The number of allylic oxidation sites excluding steroid dienone is 1. The second-order valence-corrected chi connectivity index (χ2v) is 4.63. The van der Waals surface area contributed by atoms with Crippen LogP contribution in [0.1, 0.15) is 65.2 Å². The van der Waals surface area contributed by atoms with Crippen molar-refractivity contribution < 1.29 is 4.79 Å². The van der Waals surface area contributed by atoms with E-state index >= 15 is 0 Å². The summed E-state index contributed by atoms with van der Waals surface area (Å²) in [5.74, 6) is 0. The summed E-state index contributed by atoms with van der Waals surface area (Å²) in [6, 6.07) is 0. The first-order valence-corrected chi connectivity index (χ1v) is 7.21. The normalized spacial score (nSPS) is 10.9. The van der Waals surface area contributed by atoms with E-state index in [1.807, 2.05) is 6.20 Å². The lowest BCUT2D eigenvalue weighted by Crippen LogP contribution is -2.20. The number of unbranched alkanes of at least 4 members (excludes halogenated alkanes) is 6. The molecule has 0 aromatic heterocycles. The number of hydrogen-bond donors (Lipinski definition) is 0. The number of rotatable bonds is 12. The molecule has 0 aliphatic carbocycles. The monoisotopic (exact) mass is 239 g/mol. The highest BCUT2D eigenvalue weighted by molar-refractivity contribution is 5.64. The van der Waals surface area contributed by atoms with Crippen molar-refractivity contribution in [1.82, 2.24) is 4.90 Å². The lowest BCUT2D eigenvalue weighted by Gasteiger charge is -2.20. The van der Waals surface area contributed by atoms with E-state index < -0.39 is 0 Å². The Kier molecular flexibility index (Phi) is 12.7. The Morgan fingerprint density at radius 1 is 0.824 bits per heavy atom. The zero-order valence-electron chi connectivity index (χ0n) is 11.7. The number of carbonyl (C=O) groups is 1. The topological polar surface area (TPSA) is 20.3 Å². The van der Waals surface area contributed by atoms with Crippen LogP contribution in [0.2, 0.25) is 0 Å². The van der Waals surface area contributed by atoms with Gasteiger partial charge in [0.05, 0.1) is 0 Å². The van der Waals surface area contributed by atoms with Crippen LogP contribution in [-0.4, -0.2) is 24.3 Å². The maximum Gasteiger partial charge on any atom is 0.144 e. The predicted molar refractivity (Wildman–Crippen MR) is 75.1 cm³/mol. The Hall–Kier alpha value is -0.790. The number of aldehydes is 1. The van der Waals surface area contributed by atoms with E-state index in [0.29, 0.717) is 0 Å². The molecule has 0 rings (SSSR count). The van der Waals surface area contributed by atoms with Crippen LogP contribution in [0.25, 0.3) is 0 Å². The van der Waals surface area contributed by atoms with Crippen LogP contribution < -0.4 is 0 Å². The Bertz CT molecular complexity index is 177. The molecule has 0 aliphatic rings. The molecule has 2 nitrogen and oxygen atoms in total. The van der Waals surface area contributed by atoms with E-state index in [2.05, 4.69) is 18.7 Å². The molecule has 0 bridgehead atoms. The van der Waals surface area contributed by atoms with Gasteiger partial charge in [-0.15, -0.1) is 0 Å². The summed E-state index contributed by atoms with van der Waals surface area (Å²) in [6.07, 6.45) is 14.7. The maximum atomic E-state index is 10.3. The SMILES string of the molecule is CCCCCCN(/C=C/C=O)CCCCCC. The molecule has 2 heteroatoms. The molecule has 0 heterocycles. The predicted octanol–water partition coefficient (Wildman–Crippen LogP) is 4.16. The van der Waals surface area contributed by atoms with Crippen LogP contribution in [-0.2, 0) is 4.79 Å². The highest BCUT2D eigenvalue weighted by Gasteiger charge is 1.99. The third kappa shape index (κ3) is 11.5. The lowest BCUT2D eigenvalue weighted by atomic mass is 10.2. The van der Waals surface area contributed by atoms with Gasteiger partial charge in [-0.1, -0.05) is 52.4 Å². The molecule has 0 unspecified atom stereocenters. The van der Waals surface area contributed by atoms with Crippen molar-refractivity contribution in [3.63, 3.8) is 0 Å². The first kappa shape index (κ1) is 16.2. The second-order valence-electron chi connectivity index (χ2n) is 4.63. The van der Waals surface area contributed by atoms with Gasteiger partial charge in [-0.2, -0.15) is 0 Å². The standard InChI is InChI=1S/C15H29NO/c1-3-5-7-9-12-16(14-11-15-17)13-10-8-6-4-2/h11,14-15H,3-10,12-13H2,1-2H3/b14-11+. The van der Waals surface area contributed by atoms with Gasteiger partial charge in [0.2, 0.25) is 0 Å². The molecule has 0 radical (unpaired) electrons. The molecular formula is C15H29NO. The van der Waals surface area contributed by atoms with Gasteiger partial charge in [-0.05, 0) is 18.9 Å². The largest absolute Gasteiger partial charge is 0.377 e. The molecule has 0 aliphatic heterocycles. The van der Waals surface area contributed by atoms with Crippen molar-refractivity contribution in [2.45, 2.75) is 65.2 Å². The molecule has 0 spiro atoms. The second kappa shape index (κ2) is 13.3. The minimum absolute atomic E-state index is 0.866. The van der Waals surface area contributed by atoms with Crippen LogP contribution in [0.3, 0.4) is 0 Å². The van der Waals surface area contributed by atoms with E-state index in [-0.39, 0.29) is 0 Å². The molecule has 0 atom stereocenters. The van der Waals surface area contributed by atoms with Crippen LogP contribution >= 0.6 is 0 Å². The summed E-state index contributed by atoms with van der Waals surface area (Å²) in [7, 11) is 0. The third-order valence-corrected chi connectivity index (χ3v) is 2.97. The summed E-state index contributed by atoms with van der Waals surface area (Å²) in [5, 5.41) is 0. The van der Waals surface area contributed by atoms with E-state index in [4.69, 9.17) is 0 Å². The fraction of sp³-hybridized carbons (Fsp3) is 0.800. The van der Waals surface area contributed by atoms with E-state index in [1.165, 1.54) is 51.4 Å². The zero-order valence-corrected chi connectivity index (χ0v) is 11.7. The summed E-state index contributed by atoms with van der Waals surface area (Å²) in [6.45, 7) is 6.65. The van der Waals surface area contributed by atoms with Gasteiger partial charge in [0.25, 0.3) is 0 Å².